The normalized spacial score (nSPS) is 14.0. The predicted molar refractivity (Wildman–Crippen MR) is 108 cm³/mol. The summed E-state index contributed by atoms with van der Waals surface area (Å²) >= 11 is 0. The number of para-hydroxylation sites is 3. The zero-order valence-electron chi connectivity index (χ0n) is 16.3. The minimum absolute atomic E-state index is 0.0766. The second-order valence-corrected chi connectivity index (χ2v) is 6.74. The molecule has 2 aromatic rings. The molecule has 0 spiro atoms. The van der Waals surface area contributed by atoms with Gasteiger partial charge in [-0.25, -0.2) is 0 Å². The molecular formula is C22H23N3O4. The molecule has 1 aliphatic heterocycles. The Hall–Kier alpha value is -3.53. The molecule has 0 aromatic heterocycles. The van der Waals surface area contributed by atoms with Crippen LogP contribution in [0, 0.1) is 17.2 Å². The molecule has 1 aliphatic rings. The minimum atomic E-state index is -0.194. The van der Waals surface area contributed by atoms with E-state index in [1.54, 1.807) is 48.4 Å². The van der Waals surface area contributed by atoms with Gasteiger partial charge in [-0.05, 0) is 37.1 Å². The van der Waals surface area contributed by atoms with Crippen LogP contribution in [0.3, 0.4) is 0 Å². The van der Waals surface area contributed by atoms with Gasteiger partial charge in [0, 0.05) is 19.0 Å². The summed E-state index contributed by atoms with van der Waals surface area (Å²) in [5, 5.41) is 12.0. The van der Waals surface area contributed by atoms with E-state index in [1.807, 2.05) is 12.1 Å². The number of carbonyl (C=O) groups is 2. The number of piperidine rings is 1. The van der Waals surface area contributed by atoms with Crippen molar-refractivity contribution < 1.29 is 19.1 Å². The number of likely N-dealkylation sites (tertiary alicyclic amines) is 1. The molecule has 1 N–H and O–H groups in total. The van der Waals surface area contributed by atoms with E-state index in [0.29, 0.717) is 48.7 Å². The maximum atomic E-state index is 12.5. The number of hydrogen-bond acceptors (Lipinski definition) is 5. The Bertz CT molecular complexity index is 914. The zero-order chi connectivity index (χ0) is 20.6. The van der Waals surface area contributed by atoms with Gasteiger partial charge in [0.2, 0.25) is 5.91 Å². The summed E-state index contributed by atoms with van der Waals surface area (Å²) in [4.78, 5) is 26.7. The van der Waals surface area contributed by atoms with Crippen LogP contribution in [-0.2, 0) is 9.59 Å². The fraction of sp³-hybridized carbons (Fsp3) is 0.318. The standard InChI is InChI=1S/C22H23N3O4/c1-28-19-8-4-5-9-20(19)29-15-21(26)25-12-10-16(11-13-25)22(27)24-18-7-3-2-6-17(18)14-23/h2-9,16H,10-13,15H2,1H3,(H,24,27). The van der Waals surface area contributed by atoms with Crippen molar-refractivity contribution in [2.24, 2.45) is 5.92 Å². The van der Waals surface area contributed by atoms with Crippen LogP contribution >= 0.6 is 0 Å². The molecule has 0 atom stereocenters. The summed E-state index contributed by atoms with van der Waals surface area (Å²) in [6.07, 6.45) is 1.14. The lowest BCUT2D eigenvalue weighted by atomic mass is 9.95. The molecular weight excluding hydrogens is 370 g/mol. The van der Waals surface area contributed by atoms with Crippen molar-refractivity contribution in [3.8, 4) is 17.6 Å². The molecule has 0 unspecified atom stereocenters. The fourth-order valence-corrected chi connectivity index (χ4v) is 3.28. The Labute approximate surface area is 169 Å². The zero-order valence-corrected chi connectivity index (χ0v) is 16.3. The van der Waals surface area contributed by atoms with Gasteiger partial charge in [0.05, 0.1) is 18.4 Å². The van der Waals surface area contributed by atoms with E-state index in [2.05, 4.69) is 11.4 Å². The summed E-state index contributed by atoms with van der Waals surface area (Å²) in [6.45, 7) is 0.908. The largest absolute Gasteiger partial charge is 0.493 e. The summed E-state index contributed by atoms with van der Waals surface area (Å²) < 4.78 is 10.8. The van der Waals surface area contributed by atoms with E-state index in [9.17, 15) is 9.59 Å². The van der Waals surface area contributed by atoms with Crippen molar-refractivity contribution in [2.45, 2.75) is 12.8 Å². The van der Waals surface area contributed by atoms with Crippen molar-refractivity contribution in [1.29, 1.82) is 5.26 Å². The third kappa shape index (κ3) is 5.05. The van der Waals surface area contributed by atoms with E-state index < -0.39 is 0 Å². The van der Waals surface area contributed by atoms with Gasteiger partial charge in [-0.15, -0.1) is 0 Å². The Morgan fingerprint density at radius 3 is 2.45 bits per heavy atom. The molecule has 2 aromatic carbocycles. The number of hydrogen-bond donors (Lipinski definition) is 1. The first-order valence-corrected chi connectivity index (χ1v) is 9.46. The van der Waals surface area contributed by atoms with Crippen molar-refractivity contribution in [3.63, 3.8) is 0 Å². The lowest BCUT2D eigenvalue weighted by Gasteiger charge is -2.31. The van der Waals surface area contributed by atoms with Gasteiger partial charge in [0.15, 0.2) is 18.1 Å². The van der Waals surface area contributed by atoms with Crippen LogP contribution in [0.15, 0.2) is 48.5 Å². The summed E-state index contributed by atoms with van der Waals surface area (Å²) in [6, 6.07) is 16.2. The molecule has 7 heteroatoms. The van der Waals surface area contributed by atoms with Crippen molar-refractivity contribution in [3.05, 3.63) is 54.1 Å². The van der Waals surface area contributed by atoms with Gasteiger partial charge in [0.1, 0.15) is 6.07 Å². The van der Waals surface area contributed by atoms with Crippen LogP contribution in [0.25, 0.3) is 0 Å². The molecule has 0 saturated carbocycles. The van der Waals surface area contributed by atoms with E-state index in [0.717, 1.165) is 0 Å². The topological polar surface area (TPSA) is 91.7 Å². The fourth-order valence-electron chi connectivity index (χ4n) is 3.28. The van der Waals surface area contributed by atoms with Gasteiger partial charge in [-0.1, -0.05) is 24.3 Å². The third-order valence-electron chi connectivity index (χ3n) is 4.94. The Morgan fingerprint density at radius 2 is 1.76 bits per heavy atom. The van der Waals surface area contributed by atoms with Gasteiger partial charge < -0.3 is 19.7 Å². The van der Waals surface area contributed by atoms with Crippen LogP contribution in [0.5, 0.6) is 11.5 Å². The summed E-state index contributed by atoms with van der Waals surface area (Å²) in [7, 11) is 1.55. The smallest absolute Gasteiger partial charge is 0.260 e. The molecule has 1 heterocycles. The monoisotopic (exact) mass is 393 g/mol. The number of benzene rings is 2. The minimum Gasteiger partial charge on any atom is -0.493 e. The van der Waals surface area contributed by atoms with Gasteiger partial charge in [-0.2, -0.15) is 5.26 Å². The highest BCUT2D eigenvalue weighted by Crippen LogP contribution is 2.26. The van der Waals surface area contributed by atoms with E-state index in [-0.39, 0.29) is 24.3 Å². The molecule has 7 nitrogen and oxygen atoms in total. The predicted octanol–water partition coefficient (Wildman–Crippen LogP) is 2.82. The molecule has 0 bridgehead atoms. The third-order valence-corrected chi connectivity index (χ3v) is 4.94. The summed E-state index contributed by atoms with van der Waals surface area (Å²) in [5.41, 5.74) is 0.950. The molecule has 0 aliphatic carbocycles. The molecule has 1 fully saturated rings. The summed E-state index contributed by atoms with van der Waals surface area (Å²) in [5.74, 6) is 0.665. The molecule has 2 amide bonds. The molecule has 29 heavy (non-hydrogen) atoms. The van der Waals surface area contributed by atoms with Crippen LogP contribution < -0.4 is 14.8 Å². The number of methoxy groups -OCH3 is 1. The van der Waals surface area contributed by atoms with E-state index >= 15 is 0 Å². The Kier molecular flexibility index (Phi) is 6.69. The first kappa shape index (κ1) is 20.2. The van der Waals surface area contributed by atoms with Crippen LogP contribution in [0.2, 0.25) is 0 Å². The molecule has 1 saturated heterocycles. The van der Waals surface area contributed by atoms with Gasteiger partial charge in [0.25, 0.3) is 5.91 Å². The molecule has 150 valence electrons. The van der Waals surface area contributed by atoms with Gasteiger partial charge >= 0.3 is 0 Å². The van der Waals surface area contributed by atoms with E-state index in [1.165, 1.54) is 0 Å². The lowest BCUT2D eigenvalue weighted by molar-refractivity contribution is -0.136. The average Bonchev–Trinajstić information content (AvgIpc) is 2.78. The van der Waals surface area contributed by atoms with Crippen molar-refractivity contribution in [2.75, 3.05) is 32.1 Å². The second-order valence-electron chi connectivity index (χ2n) is 6.74. The van der Waals surface area contributed by atoms with Crippen LogP contribution in [0.1, 0.15) is 18.4 Å². The van der Waals surface area contributed by atoms with Crippen LogP contribution in [0.4, 0.5) is 5.69 Å². The number of nitrogens with zero attached hydrogens (tertiary/aromatic N) is 2. The first-order valence-electron chi connectivity index (χ1n) is 9.46. The number of anilines is 1. The maximum absolute atomic E-state index is 12.5. The van der Waals surface area contributed by atoms with Crippen LogP contribution in [-0.4, -0.2) is 43.5 Å². The number of ether oxygens (including phenoxy) is 2. The average molecular weight is 393 g/mol. The first-order chi connectivity index (χ1) is 14.1. The highest BCUT2D eigenvalue weighted by atomic mass is 16.5. The Balaban J connectivity index is 1.49. The van der Waals surface area contributed by atoms with Gasteiger partial charge in [-0.3, -0.25) is 9.59 Å². The van der Waals surface area contributed by atoms with E-state index in [4.69, 9.17) is 14.7 Å². The highest BCUT2D eigenvalue weighted by Gasteiger charge is 2.28. The Morgan fingerprint density at radius 1 is 1.10 bits per heavy atom. The molecule has 0 radical (unpaired) electrons. The quantitative estimate of drug-likeness (QED) is 0.815. The number of amides is 2. The molecule has 3 rings (SSSR count). The van der Waals surface area contributed by atoms with Crippen molar-refractivity contribution in [1.82, 2.24) is 4.90 Å². The number of carbonyl (C=O) groups excluding carboxylic acids is 2. The number of nitrogens with one attached hydrogen (secondary N) is 1. The SMILES string of the molecule is COc1ccccc1OCC(=O)N1CCC(C(=O)Nc2ccccc2C#N)CC1. The number of rotatable bonds is 6. The second kappa shape index (κ2) is 9.60. The maximum Gasteiger partial charge on any atom is 0.260 e. The van der Waals surface area contributed by atoms with Crippen molar-refractivity contribution >= 4 is 17.5 Å². The number of nitriles is 1. The highest BCUT2D eigenvalue weighted by molar-refractivity contribution is 5.94. The lowest BCUT2D eigenvalue weighted by Crippen LogP contribution is -2.43.